The molecule has 0 saturated heterocycles. The molecule has 2 heterocycles. The standard InChI is InChI=1S/C23H29N5OS/c1-7-28-20-9-8-18(11-19(20)15(2)12-23(28,5)6)13-24-27-21(29)14-30-22-25-16(3)10-17(4)26-22/h8-13H,7,14H2,1-6H3,(H,27,29)/b24-13-. The molecular formula is C23H29N5OS. The first-order valence-corrected chi connectivity index (χ1v) is 11.1. The van der Waals surface area contributed by atoms with E-state index in [0.29, 0.717) is 5.16 Å². The second kappa shape index (κ2) is 9.00. The lowest BCUT2D eigenvalue weighted by Crippen LogP contribution is -2.44. The molecule has 3 rings (SSSR count). The maximum absolute atomic E-state index is 12.1. The number of hydrogen-bond donors (Lipinski definition) is 1. The van der Waals surface area contributed by atoms with Gasteiger partial charge in [0.15, 0.2) is 5.16 Å². The first-order chi connectivity index (χ1) is 14.2. The van der Waals surface area contributed by atoms with Gasteiger partial charge in [0, 0.05) is 29.2 Å². The summed E-state index contributed by atoms with van der Waals surface area (Å²) in [4.78, 5) is 23.1. The molecular weight excluding hydrogens is 394 g/mol. The summed E-state index contributed by atoms with van der Waals surface area (Å²) >= 11 is 1.30. The molecule has 1 N–H and O–H groups in total. The minimum absolute atomic E-state index is 0.00731. The number of anilines is 1. The highest BCUT2D eigenvalue weighted by molar-refractivity contribution is 7.99. The number of nitrogens with one attached hydrogen (secondary N) is 1. The van der Waals surface area contributed by atoms with E-state index in [-0.39, 0.29) is 17.2 Å². The summed E-state index contributed by atoms with van der Waals surface area (Å²) in [6.07, 6.45) is 3.98. The number of hydrazone groups is 1. The monoisotopic (exact) mass is 423 g/mol. The van der Waals surface area contributed by atoms with Gasteiger partial charge in [-0.3, -0.25) is 4.79 Å². The van der Waals surface area contributed by atoms with E-state index in [0.717, 1.165) is 23.5 Å². The van der Waals surface area contributed by atoms with Gasteiger partial charge >= 0.3 is 0 Å². The van der Waals surface area contributed by atoms with Gasteiger partial charge in [-0.15, -0.1) is 0 Å². The summed E-state index contributed by atoms with van der Waals surface area (Å²) in [6.45, 7) is 13.5. The Balaban J connectivity index is 1.63. The highest BCUT2D eigenvalue weighted by atomic mass is 32.2. The van der Waals surface area contributed by atoms with Gasteiger partial charge in [-0.1, -0.05) is 23.9 Å². The third-order valence-electron chi connectivity index (χ3n) is 5.01. The molecule has 0 fully saturated rings. The van der Waals surface area contributed by atoms with Crippen LogP contribution in [0.4, 0.5) is 5.69 Å². The Labute approximate surface area is 182 Å². The van der Waals surface area contributed by atoms with Crippen molar-refractivity contribution in [3.63, 3.8) is 0 Å². The Hall–Kier alpha value is -2.67. The molecule has 1 amide bonds. The van der Waals surface area contributed by atoms with Gasteiger partial charge in [0.05, 0.1) is 17.5 Å². The van der Waals surface area contributed by atoms with Crippen LogP contribution in [-0.2, 0) is 4.79 Å². The number of hydrogen-bond acceptors (Lipinski definition) is 6. The Morgan fingerprint density at radius 1 is 1.20 bits per heavy atom. The number of allylic oxidation sites excluding steroid dienone is 1. The van der Waals surface area contributed by atoms with Crippen LogP contribution >= 0.6 is 11.8 Å². The maximum Gasteiger partial charge on any atom is 0.250 e. The molecule has 0 spiro atoms. The quantitative estimate of drug-likeness (QED) is 0.324. The smallest absolute Gasteiger partial charge is 0.250 e. The molecule has 1 aromatic carbocycles. The number of amides is 1. The summed E-state index contributed by atoms with van der Waals surface area (Å²) in [6, 6.07) is 8.19. The number of nitrogens with zero attached hydrogens (tertiary/aromatic N) is 4. The van der Waals surface area contributed by atoms with Crippen molar-refractivity contribution in [2.75, 3.05) is 17.2 Å². The number of benzene rings is 1. The molecule has 0 aliphatic carbocycles. The van der Waals surface area contributed by atoms with Crippen molar-refractivity contribution in [3.05, 3.63) is 52.9 Å². The number of fused-ring (bicyclic) bond motifs is 1. The molecule has 158 valence electrons. The van der Waals surface area contributed by atoms with E-state index in [2.05, 4.69) is 71.3 Å². The summed E-state index contributed by atoms with van der Waals surface area (Å²) in [5.41, 5.74) is 9.00. The van der Waals surface area contributed by atoms with Crippen LogP contribution in [-0.4, -0.2) is 39.9 Å². The Kier molecular flexibility index (Phi) is 6.61. The van der Waals surface area contributed by atoms with Gasteiger partial charge < -0.3 is 4.90 Å². The van der Waals surface area contributed by atoms with Crippen molar-refractivity contribution in [1.82, 2.24) is 15.4 Å². The molecule has 7 heteroatoms. The number of aryl methyl sites for hydroxylation is 2. The van der Waals surface area contributed by atoms with E-state index in [1.54, 1.807) is 6.21 Å². The first kappa shape index (κ1) is 22.0. The molecule has 2 aromatic rings. The zero-order chi connectivity index (χ0) is 21.9. The maximum atomic E-state index is 12.1. The van der Waals surface area contributed by atoms with Crippen molar-refractivity contribution < 1.29 is 4.79 Å². The second-order valence-corrected chi connectivity index (χ2v) is 8.96. The molecule has 30 heavy (non-hydrogen) atoms. The number of carbonyl (C=O) groups excluding carboxylic acids is 1. The number of carbonyl (C=O) groups is 1. The van der Waals surface area contributed by atoms with Crippen molar-refractivity contribution in [2.45, 2.75) is 52.2 Å². The number of aromatic nitrogens is 2. The van der Waals surface area contributed by atoms with Gasteiger partial charge in [-0.05, 0) is 70.9 Å². The van der Waals surface area contributed by atoms with Crippen LogP contribution in [0.2, 0.25) is 0 Å². The predicted octanol–water partition coefficient (Wildman–Crippen LogP) is 4.36. The lowest BCUT2D eigenvalue weighted by Gasteiger charge is -2.42. The van der Waals surface area contributed by atoms with Crippen LogP contribution < -0.4 is 10.3 Å². The Morgan fingerprint density at radius 2 is 1.90 bits per heavy atom. The van der Waals surface area contributed by atoms with E-state index in [1.807, 2.05) is 26.0 Å². The minimum Gasteiger partial charge on any atom is -0.363 e. The molecule has 6 nitrogen and oxygen atoms in total. The molecule has 1 aliphatic rings. The van der Waals surface area contributed by atoms with Crippen LogP contribution in [0.25, 0.3) is 5.57 Å². The third kappa shape index (κ3) is 5.08. The van der Waals surface area contributed by atoms with Gasteiger partial charge in [0.25, 0.3) is 5.91 Å². The van der Waals surface area contributed by atoms with Gasteiger partial charge in [-0.2, -0.15) is 5.10 Å². The molecule has 0 bridgehead atoms. The van der Waals surface area contributed by atoms with Crippen molar-refractivity contribution >= 4 is 35.1 Å². The lowest BCUT2D eigenvalue weighted by atomic mass is 9.88. The highest BCUT2D eigenvalue weighted by Gasteiger charge is 2.29. The van der Waals surface area contributed by atoms with E-state index in [1.165, 1.54) is 28.6 Å². The van der Waals surface area contributed by atoms with E-state index in [4.69, 9.17) is 0 Å². The van der Waals surface area contributed by atoms with Gasteiger partial charge in [0.1, 0.15) is 0 Å². The molecule has 0 atom stereocenters. The number of rotatable bonds is 6. The van der Waals surface area contributed by atoms with Crippen LogP contribution in [0.3, 0.4) is 0 Å². The van der Waals surface area contributed by atoms with Crippen molar-refractivity contribution in [1.29, 1.82) is 0 Å². The summed E-state index contributed by atoms with van der Waals surface area (Å²) in [7, 11) is 0. The topological polar surface area (TPSA) is 70.5 Å². The molecule has 0 unspecified atom stereocenters. The average Bonchev–Trinajstić information content (AvgIpc) is 2.65. The number of thioether (sulfide) groups is 1. The second-order valence-electron chi connectivity index (χ2n) is 8.02. The van der Waals surface area contributed by atoms with E-state index >= 15 is 0 Å². The average molecular weight is 424 g/mol. The lowest BCUT2D eigenvalue weighted by molar-refractivity contribution is -0.118. The summed E-state index contributed by atoms with van der Waals surface area (Å²) in [5.74, 6) is 0.0271. The van der Waals surface area contributed by atoms with E-state index < -0.39 is 0 Å². The van der Waals surface area contributed by atoms with Crippen LogP contribution in [0.15, 0.2) is 40.6 Å². The molecule has 0 saturated carbocycles. The third-order valence-corrected chi connectivity index (χ3v) is 5.86. The fourth-order valence-corrected chi connectivity index (χ4v) is 4.60. The molecule has 0 radical (unpaired) electrons. The SMILES string of the molecule is CCN1c2ccc(/C=N\NC(=O)CSc3nc(C)cc(C)n3)cc2C(C)=CC1(C)C. The van der Waals surface area contributed by atoms with Crippen LogP contribution in [0, 0.1) is 13.8 Å². The first-order valence-electron chi connectivity index (χ1n) is 10.1. The highest BCUT2D eigenvalue weighted by Crippen LogP contribution is 2.38. The zero-order valence-electron chi connectivity index (χ0n) is 18.5. The fourth-order valence-electron chi connectivity index (χ4n) is 3.86. The predicted molar refractivity (Wildman–Crippen MR) is 125 cm³/mol. The normalized spacial score (nSPS) is 15.1. The minimum atomic E-state index is -0.188. The fraction of sp³-hybridized carbons (Fsp3) is 0.391. The van der Waals surface area contributed by atoms with Gasteiger partial charge in [-0.25, -0.2) is 15.4 Å². The Bertz CT molecular complexity index is 992. The van der Waals surface area contributed by atoms with Gasteiger partial charge in [0.2, 0.25) is 0 Å². The largest absolute Gasteiger partial charge is 0.363 e. The number of likely N-dealkylation sites (N-methyl/N-ethyl adjacent to an activating group) is 1. The Morgan fingerprint density at radius 3 is 2.57 bits per heavy atom. The van der Waals surface area contributed by atoms with Crippen molar-refractivity contribution in [3.8, 4) is 0 Å². The van der Waals surface area contributed by atoms with E-state index in [9.17, 15) is 4.79 Å². The van der Waals surface area contributed by atoms with Crippen LogP contribution in [0.1, 0.15) is 50.2 Å². The van der Waals surface area contributed by atoms with Crippen molar-refractivity contribution in [2.24, 2.45) is 5.10 Å². The molecule has 1 aromatic heterocycles. The van der Waals surface area contributed by atoms with Crippen LogP contribution in [0.5, 0.6) is 0 Å². The molecule has 1 aliphatic heterocycles. The summed E-state index contributed by atoms with van der Waals surface area (Å²) in [5, 5.41) is 4.72. The zero-order valence-corrected chi connectivity index (χ0v) is 19.3. The summed E-state index contributed by atoms with van der Waals surface area (Å²) < 4.78 is 0.